The van der Waals surface area contributed by atoms with E-state index in [9.17, 15) is 14.4 Å². The summed E-state index contributed by atoms with van der Waals surface area (Å²) in [6, 6.07) is 0. The second-order valence-corrected chi connectivity index (χ2v) is 23.4. The molecule has 0 aromatic rings. The molecule has 0 amide bonds. The van der Waals surface area contributed by atoms with Gasteiger partial charge in [0.2, 0.25) is 0 Å². The number of hydrogen-bond acceptors (Lipinski definition) is 6. The van der Waals surface area contributed by atoms with E-state index in [1.54, 1.807) is 0 Å². The smallest absolute Gasteiger partial charge is 0.306 e. The average molecular weight is 1130 g/mol. The molecule has 468 valence electrons. The summed E-state index contributed by atoms with van der Waals surface area (Å²) in [5.74, 6) is -0.911. The Hall–Kier alpha value is -3.41. The first-order chi connectivity index (χ1) is 40.0. The number of carbonyl (C=O) groups excluding carboxylic acids is 3. The van der Waals surface area contributed by atoms with E-state index in [-0.39, 0.29) is 31.1 Å². The van der Waals surface area contributed by atoms with Gasteiger partial charge in [-0.3, -0.25) is 14.4 Å². The van der Waals surface area contributed by atoms with Crippen molar-refractivity contribution in [2.45, 2.75) is 361 Å². The number of rotatable bonds is 64. The van der Waals surface area contributed by atoms with Gasteiger partial charge in [0.1, 0.15) is 13.2 Å². The number of allylic oxidation sites excluding steroid dienone is 14. The Morgan fingerprint density at radius 1 is 0.259 bits per heavy atom. The van der Waals surface area contributed by atoms with Crippen molar-refractivity contribution < 1.29 is 28.6 Å². The summed E-state index contributed by atoms with van der Waals surface area (Å²) in [6.45, 7) is 6.53. The van der Waals surface area contributed by atoms with Crippen LogP contribution in [0.4, 0.5) is 0 Å². The summed E-state index contributed by atoms with van der Waals surface area (Å²) >= 11 is 0. The maximum absolute atomic E-state index is 12.9. The highest BCUT2D eigenvalue weighted by Crippen LogP contribution is 2.18. The quantitative estimate of drug-likeness (QED) is 0.0261. The molecule has 0 saturated heterocycles. The van der Waals surface area contributed by atoms with E-state index in [4.69, 9.17) is 14.2 Å². The van der Waals surface area contributed by atoms with Gasteiger partial charge < -0.3 is 14.2 Å². The van der Waals surface area contributed by atoms with Gasteiger partial charge in [-0.1, -0.05) is 324 Å². The van der Waals surface area contributed by atoms with E-state index in [2.05, 4.69) is 106 Å². The van der Waals surface area contributed by atoms with Crippen LogP contribution < -0.4 is 0 Å². The zero-order valence-electron chi connectivity index (χ0n) is 53.8. The lowest BCUT2D eigenvalue weighted by Gasteiger charge is -2.18. The molecule has 1 unspecified atom stereocenters. The molecule has 0 radical (unpaired) electrons. The number of hydrogen-bond donors (Lipinski definition) is 0. The largest absolute Gasteiger partial charge is 0.462 e. The first-order valence-electron chi connectivity index (χ1n) is 35.1. The Labute approximate surface area is 503 Å². The van der Waals surface area contributed by atoms with Crippen LogP contribution in [-0.2, 0) is 28.6 Å². The molecule has 1 atom stereocenters. The second-order valence-electron chi connectivity index (χ2n) is 23.4. The summed E-state index contributed by atoms with van der Waals surface area (Å²) < 4.78 is 16.9. The van der Waals surface area contributed by atoms with Crippen LogP contribution in [0.15, 0.2) is 85.1 Å². The van der Waals surface area contributed by atoms with E-state index in [0.29, 0.717) is 19.3 Å². The number of ether oxygens (including phenoxy) is 3. The first-order valence-corrected chi connectivity index (χ1v) is 35.1. The van der Waals surface area contributed by atoms with Crippen molar-refractivity contribution in [1.29, 1.82) is 0 Å². The van der Waals surface area contributed by atoms with E-state index in [1.165, 1.54) is 218 Å². The zero-order valence-corrected chi connectivity index (χ0v) is 53.8. The first kappa shape index (κ1) is 77.6. The fraction of sp³-hybridized carbons (Fsp3) is 0.773. The van der Waals surface area contributed by atoms with E-state index >= 15 is 0 Å². The molecule has 0 heterocycles. The van der Waals surface area contributed by atoms with Gasteiger partial charge in [-0.05, 0) is 96.3 Å². The van der Waals surface area contributed by atoms with Crippen LogP contribution in [0, 0.1) is 0 Å². The van der Waals surface area contributed by atoms with E-state index < -0.39 is 6.10 Å². The predicted molar refractivity (Wildman–Crippen MR) is 353 cm³/mol. The van der Waals surface area contributed by atoms with Crippen LogP contribution in [0.5, 0.6) is 0 Å². The minimum absolute atomic E-state index is 0.0865. The Kier molecular flexibility index (Phi) is 66.2. The highest BCUT2D eigenvalue weighted by Gasteiger charge is 2.19. The standard InChI is InChI=1S/C75H132O6/c1-4-7-10-13-16-19-22-25-28-30-32-33-34-35-36-37-38-39-40-41-43-44-47-50-53-56-59-62-65-68-74(77)80-71-72(70-79-73(76)67-64-61-58-55-52-49-46-27-24-21-18-15-12-9-6-3)81-75(78)69-66-63-60-57-54-51-48-45-42-31-29-26-23-20-17-14-11-8-5-2/h9,12,18,21-22,25,27,30,32,34-35,46,52,55,72H,4-8,10-11,13-17,19-20,23-24,26,28-29,31,33,36-45,47-51,53-54,56-71H2,1-3H3/b12-9-,21-18-,25-22-,32-30-,35-34-,46-27-,55-52-. The SMILES string of the molecule is CC/C=C\C/C=C\C/C=C\C/C=C\CCCCC(=O)OCC(COC(=O)CCCCCCCCCCCCCCCC/C=C\C/C=C\C/C=C\CCCCCCC)OC(=O)CCCCCCCCCCCCCCCCCCCCC. The lowest BCUT2D eigenvalue weighted by Crippen LogP contribution is -2.30. The molecular weight excluding hydrogens is 997 g/mol. The second kappa shape index (κ2) is 69.1. The van der Waals surface area contributed by atoms with Crippen molar-refractivity contribution in [2.75, 3.05) is 13.2 Å². The molecule has 0 rings (SSSR count). The molecule has 0 aliphatic heterocycles. The number of carbonyl (C=O) groups is 3. The molecule has 0 saturated carbocycles. The van der Waals surface area contributed by atoms with Crippen molar-refractivity contribution in [2.24, 2.45) is 0 Å². The van der Waals surface area contributed by atoms with Crippen LogP contribution in [0.25, 0.3) is 0 Å². The van der Waals surface area contributed by atoms with Gasteiger partial charge in [0.05, 0.1) is 0 Å². The van der Waals surface area contributed by atoms with Gasteiger partial charge in [-0.15, -0.1) is 0 Å². The Balaban J connectivity index is 4.29. The van der Waals surface area contributed by atoms with Gasteiger partial charge >= 0.3 is 17.9 Å². The van der Waals surface area contributed by atoms with Crippen molar-refractivity contribution in [3.05, 3.63) is 85.1 Å². The summed E-state index contributed by atoms with van der Waals surface area (Å²) in [5.41, 5.74) is 0. The third kappa shape index (κ3) is 67.3. The monoisotopic (exact) mass is 1130 g/mol. The van der Waals surface area contributed by atoms with Crippen LogP contribution in [0.1, 0.15) is 355 Å². The maximum atomic E-state index is 12.9. The van der Waals surface area contributed by atoms with Crippen LogP contribution in [-0.4, -0.2) is 37.2 Å². The maximum Gasteiger partial charge on any atom is 0.306 e. The molecule has 6 nitrogen and oxygen atoms in total. The fourth-order valence-corrected chi connectivity index (χ4v) is 10.2. The third-order valence-electron chi connectivity index (χ3n) is 15.4. The molecule has 0 N–H and O–H groups in total. The number of esters is 3. The predicted octanol–water partition coefficient (Wildman–Crippen LogP) is 24.2. The van der Waals surface area contributed by atoms with Gasteiger partial charge in [0, 0.05) is 19.3 Å². The molecular formula is C75H132O6. The molecule has 0 aliphatic rings. The molecule has 0 aromatic carbocycles. The zero-order chi connectivity index (χ0) is 58.5. The van der Waals surface area contributed by atoms with Gasteiger partial charge in [-0.25, -0.2) is 0 Å². The summed E-state index contributed by atoms with van der Waals surface area (Å²) in [5, 5.41) is 0. The van der Waals surface area contributed by atoms with Crippen LogP contribution in [0.3, 0.4) is 0 Å². The fourth-order valence-electron chi connectivity index (χ4n) is 10.2. The molecule has 0 fully saturated rings. The Morgan fingerprint density at radius 3 is 0.778 bits per heavy atom. The van der Waals surface area contributed by atoms with Crippen LogP contribution in [0.2, 0.25) is 0 Å². The minimum atomic E-state index is -0.793. The lowest BCUT2D eigenvalue weighted by atomic mass is 10.0. The van der Waals surface area contributed by atoms with Gasteiger partial charge in [0.25, 0.3) is 0 Å². The van der Waals surface area contributed by atoms with E-state index in [1.807, 2.05) is 0 Å². The van der Waals surface area contributed by atoms with E-state index in [0.717, 1.165) is 96.3 Å². The van der Waals surface area contributed by atoms with Crippen molar-refractivity contribution in [3.8, 4) is 0 Å². The van der Waals surface area contributed by atoms with Gasteiger partial charge in [0.15, 0.2) is 6.10 Å². The normalized spacial score (nSPS) is 12.6. The molecule has 0 aromatic heterocycles. The highest BCUT2D eigenvalue weighted by atomic mass is 16.6. The van der Waals surface area contributed by atoms with Crippen molar-refractivity contribution in [1.82, 2.24) is 0 Å². The van der Waals surface area contributed by atoms with Crippen LogP contribution >= 0.6 is 0 Å². The van der Waals surface area contributed by atoms with Crippen molar-refractivity contribution >= 4 is 17.9 Å². The Bertz CT molecular complexity index is 1530. The van der Waals surface area contributed by atoms with Gasteiger partial charge in [-0.2, -0.15) is 0 Å². The Morgan fingerprint density at radius 2 is 0.481 bits per heavy atom. The highest BCUT2D eigenvalue weighted by molar-refractivity contribution is 5.71. The molecule has 0 spiro atoms. The minimum Gasteiger partial charge on any atom is -0.462 e. The lowest BCUT2D eigenvalue weighted by molar-refractivity contribution is -0.167. The summed E-state index contributed by atoms with van der Waals surface area (Å²) in [7, 11) is 0. The number of unbranched alkanes of at least 4 members (excludes halogenated alkanes) is 39. The third-order valence-corrected chi connectivity index (χ3v) is 15.4. The molecule has 81 heavy (non-hydrogen) atoms. The summed E-state index contributed by atoms with van der Waals surface area (Å²) in [6.07, 6.45) is 91.9. The molecule has 0 aliphatic carbocycles. The topological polar surface area (TPSA) is 78.9 Å². The molecule has 6 heteroatoms. The van der Waals surface area contributed by atoms with Crippen molar-refractivity contribution in [3.63, 3.8) is 0 Å². The summed E-state index contributed by atoms with van der Waals surface area (Å²) in [4.78, 5) is 38.4. The molecule has 0 bridgehead atoms. The average Bonchev–Trinajstić information content (AvgIpc) is 3.47.